The number of hydrogen-bond donors (Lipinski definition) is 0. The number of rotatable bonds is 7. The van der Waals surface area contributed by atoms with Gasteiger partial charge in [-0.05, 0) is 25.3 Å². The molecule has 0 aliphatic rings. The minimum absolute atomic E-state index is 0.0663. The molecular formula is C18H21NO2. The molecule has 21 heavy (non-hydrogen) atoms. The van der Waals surface area contributed by atoms with E-state index in [1.54, 1.807) is 6.07 Å². The van der Waals surface area contributed by atoms with Crippen LogP contribution in [0.4, 0.5) is 0 Å². The monoisotopic (exact) mass is 283 g/mol. The van der Waals surface area contributed by atoms with Crippen LogP contribution >= 0.6 is 0 Å². The Kier molecular flexibility index (Phi) is 5.38. The first-order valence-corrected chi connectivity index (χ1v) is 7.20. The van der Waals surface area contributed by atoms with Crippen LogP contribution in [0.15, 0.2) is 60.0 Å². The molecule has 0 amide bonds. The van der Waals surface area contributed by atoms with Gasteiger partial charge in [-0.1, -0.05) is 36.4 Å². The van der Waals surface area contributed by atoms with Crippen molar-refractivity contribution >= 4 is 0 Å². The van der Waals surface area contributed by atoms with Gasteiger partial charge >= 0.3 is 0 Å². The summed E-state index contributed by atoms with van der Waals surface area (Å²) < 4.78 is 7.81. The van der Waals surface area contributed by atoms with E-state index in [2.05, 4.69) is 11.1 Å². The predicted octanol–water partition coefficient (Wildman–Crippen LogP) is 3.70. The van der Waals surface area contributed by atoms with Crippen molar-refractivity contribution < 1.29 is 4.74 Å². The van der Waals surface area contributed by atoms with Crippen LogP contribution in [0.25, 0.3) is 0 Å². The Labute approximate surface area is 125 Å². The van der Waals surface area contributed by atoms with Crippen LogP contribution in [0.1, 0.15) is 24.1 Å². The van der Waals surface area contributed by atoms with Crippen molar-refractivity contribution in [1.82, 2.24) is 4.57 Å². The summed E-state index contributed by atoms with van der Waals surface area (Å²) in [6, 6.07) is 11.4. The highest BCUT2D eigenvalue weighted by Crippen LogP contribution is 2.14. The average Bonchev–Trinajstić information content (AvgIpc) is 2.50. The molecule has 0 radical (unpaired) electrons. The van der Waals surface area contributed by atoms with E-state index in [-0.39, 0.29) is 5.43 Å². The summed E-state index contributed by atoms with van der Waals surface area (Å²) in [6.45, 7) is 6.92. The summed E-state index contributed by atoms with van der Waals surface area (Å²) in [6.07, 6.45) is 5.71. The van der Waals surface area contributed by atoms with Crippen LogP contribution in [0, 0.1) is 6.92 Å². The van der Waals surface area contributed by atoms with Gasteiger partial charge < -0.3 is 9.30 Å². The third-order valence-corrected chi connectivity index (χ3v) is 3.42. The Bertz CT molecular complexity index is 644. The van der Waals surface area contributed by atoms with Crippen LogP contribution in [0.2, 0.25) is 0 Å². The number of benzene rings is 1. The van der Waals surface area contributed by atoms with Gasteiger partial charge in [-0.3, -0.25) is 4.79 Å². The first kappa shape index (κ1) is 15.1. The molecule has 3 heteroatoms. The van der Waals surface area contributed by atoms with Crippen LogP contribution in [-0.4, -0.2) is 4.57 Å². The lowest BCUT2D eigenvalue weighted by Crippen LogP contribution is -2.15. The van der Waals surface area contributed by atoms with E-state index in [0.717, 1.165) is 30.6 Å². The molecule has 0 aliphatic carbocycles. The van der Waals surface area contributed by atoms with Gasteiger partial charge in [-0.15, -0.1) is 6.58 Å². The largest absolute Gasteiger partial charge is 0.483 e. The van der Waals surface area contributed by atoms with Gasteiger partial charge in [0.15, 0.2) is 5.75 Å². The zero-order chi connectivity index (χ0) is 15.1. The number of aromatic nitrogens is 1. The molecule has 2 rings (SSSR count). The maximum atomic E-state index is 12.0. The smallest absolute Gasteiger partial charge is 0.223 e. The second kappa shape index (κ2) is 7.48. The molecule has 0 saturated carbocycles. The molecule has 0 N–H and O–H groups in total. The molecular weight excluding hydrogens is 262 g/mol. The molecule has 0 bridgehead atoms. The predicted molar refractivity (Wildman–Crippen MR) is 85.6 cm³/mol. The van der Waals surface area contributed by atoms with Crippen molar-refractivity contribution in [2.45, 2.75) is 32.9 Å². The van der Waals surface area contributed by atoms with E-state index < -0.39 is 0 Å². The lowest BCUT2D eigenvalue weighted by Gasteiger charge is -2.14. The summed E-state index contributed by atoms with van der Waals surface area (Å²) in [7, 11) is 0. The number of nitrogens with zero attached hydrogens (tertiary/aromatic N) is 1. The SMILES string of the molecule is C=CCCCn1ccc(=O)c(OCc2ccccc2)c1C. The zero-order valence-electron chi connectivity index (χ0n) is 12.4. The second-order valence-electron chi connectivity index (χ2n) is 4.99. The van der Waals surface area contributed by atoms with Crippen LogP contribution in [0.3, 0.4) is 0 Å². The summed E-state index contributed by atoms with van der Waals surface area (Å²) in [5.41, 5.74) is 1.87. The number of hydrogen-bond acceptors (Lipinski definition) is 2. The average molecular weight is 283 g/mol. The van der Waals surface area contributed by atoms with Gasteiger partial charge in [-0.2, -0.15) is 0 Å². The fraction of sp³-hybridized carbons (Fsp3) is 0.278. The summed E-state index contributed by atoms with van der Waals surface area (Å²) in [5.74, 6) is 0.444. The van der Waals surface area contributed by atoms with Crippen LogP contribution < -0.4 is 10.2 Å². The van der Waals surface area contributed by atoms with Crippen LogP contribution in [0.5, 0.6) is 5.75 Å². The van der Waals surface area contributed by atoms with Gasteiger partial charge in [0.05, 0.1) is 5.69 Å². The zero-order valence-corrected chi connectivity index (χ0v) is 12.4. The van der Waals surface area contributed by atoms with E-state index in [9.17, 15) is 4.79 Å². The Morgan fingerprint density at radius 2 is 2.00 bits per heavy atom. The second-order valence-corrected chi connectivity index (χ2v) is 4.99. The normalized spacial score (nSPS) is 10.3. The molecule has 0 fully saturated rings. The summed E-state index contributed by atoms with van der Waals surface area (Å²) >= 11 is 0. The van der Waals surface area contributed by atoms with Gasteiger partial charge in [-0.25, -0.2) is 0 Å². The molecule has 0 saturated heterocycles. The Hall–Kier alpha value is -2.29. The third kappa shape index (κ3) is 4.09. The molecule has 1 aromatic carbocycles. The standard InChI is InChI=1S/C18H21NO2/c1-3-4-8-12-19-13-11-17(20)18(15(19)2)21-14-16-9-6-5-7-10-16/h3,5-7,9-11,13H,1,4,8,12,14H2,2H3. The van der Waals surface area contributed by atoms with Gasteiger partial charge in [0.1, 0.15) is 6.61 Å². The van der Waals surface area contributed by atoms with Crippen molar-refractivity contribution in [2.24, 2.45) is 0 Å². The first-order valence-electron chi connectivity index (χ1n) is 7.20. The molecule has 0 spiro atoms. The van der Waals surface area contributed by atoms with Crippen molar-refractivity contribution in [3.63, 3.8) is 0 Å². The summed E-state index contributed by atoms with van der Waals surface area (Å²) in [4.78, 5) is 12.0. The van der Waals surface area contributed by atoms with Crippen LogP contribution in [-0.2, 0) is 13.2 Å². The molecule has 3 nitrogen and oxygen atoms in total. The molecule has 1 aromatic heterocycles. The lowest BCUT2D eigenvalue weighted by molar-refractivity contribution is 0.297. The molecule has 1 heterocycles. The molecule has 0 unspecified atom stereocenters. The number of ether oxygens (including phenoxy) is 1. The number of aryl methyl sites for hydroxylation is 1. The minimum atomic E-state index is -0.0663. The highest BCUT2D eigenvalue weighted by molar-refractivity contribution is 5.28. The van der Waals surface area contributed by atoms with Crippen molar-refractivity contribution in [3.8, 4) is 5.75 Å². The van der Waals surface area contributed by atoms with E-state index in [4.69, 9.17) is 4.74 Å². The number of allylic oxidation sites excluding steroid dienone is 1. The van der Waals surface area contributed by atoms with E-state index in [1.807, 2.05) is 49.5 Å². The Balaban J connectivity index is 2.12. The molecule has 0 aliphatic heterocycles. The van der Waals surface area contributed by atoms with E-state index in [1.165, 1.54) is 0 Å². The number of pyridine rings is 1. The van der Waals surface area contributed by atoms with Crippen molar-refractivity contribution in [3.05, 3.63) is 76.7 Å². The van der Waals surface area contributed by atoms with Gasteiger partial charge in [0.2, 0.25) is 5.43 Å². The Morgan fingerprint density at radius 1 is 1.24 bits per heavy atom. The van der Waals surface area contributed by atoms with E-state index in [0.29, 0.717) is 12.4 Å². The van der Waals surface area contributed by atoms with E-state index >= 15 is 0 Å². The Morgan fingerprint density at radius 3 is 2.71 bits per heavy atom. The topological polar surface area (TPSA) is 31.2 Å². The fourth-order valence-corrected chi connectivity index (χ4v) is 2.21. The highest BCUT2D eigenvalue weighted by Gasteiger charge is 2.08. The van der Waals surface area contributed by atoms with Crippen molar-refractivity contribution in [1.29, 1.82) is 0 Å². The third-order valence-electron chi connectivity index (χ3n) is 3.42. The first-order chi connectivity index (χ1) is 10.2. The molecule has 0 atom stereocenters. The molecule has 110 valence electrons. The van der Waals surface area contributed by atoms with Gasteiger partial charge in [0.25, 0.3) is 0 Å². The molecule has 2 aromatic rings. The van der Waals surface area contributed by atoms with Crippen molar-refractivity contribution in [2.75, 3.05) is 0 Å². The maximum Gasteiger partial charge on any atom is 0.223 e. The maximum absolute atomic E-state index is 12.0. The summed E-state index contributed by atoms with van der Waals surface area (Å²) in [5, 5.41) is 0. The number of unbranched alkanes of at least 4 members (excludes halogenated alkanes) is 1. The van der Waals surface area contributed by atoms with Gasteiger partial charge in [0, 0.05) is 18.8 Å². The quantitative estimate of drug-likeness (QED) is 0.573. The highest BCUT2D eigenvalue weighted by atomic mass is 16.5. The lowest BCUT2D eigenvalue weighted by atomic mass is 10.2. The fourth-order valence-electron chi connectivity index (χ4n) is 2.21. The minimum Gasteiger partial charge on any atom is -0.483 e.